The van der Waals surface area contributed by atoms with Gasteiger partial charge in [0.05, 0.1) is 5.75 Å². The molecule has 0 bridgehead atoms. The highest BCUT2D eigenvalue weighted by Crippen LogP contribution is 2.18. The van der Waals surface area contributed by atoms with Crippen molar-refractivity contribution in [3.63, 3.8) is 0 Å². The van der Waals surface area contributed by atoms with Crippen molar-refractivity contribution >= 4 is 21.6 Å². The molecule has 0 aliphatic rings. The Kier molecular flexibility index (Phi) is 3.44. The molecular weight excluding hydrogens is 211 g/mol. The van der Waals surface area contributed by atoms with Gasteiger partial charge in [-0.3, -0.25) is 0 Å². The first-order chi connectivity index (χ1) is 6.03. The van der Waals surface area contributed by atoms with E-state index in [1.54, 1.807) is 0 Å². The van der Waals surface area contributed by atoms with E-state index in [9.17, 15) is 12.3 Å². The average Bonchev–Trinajstić information content (AvgIpc) is 2.46. The Hall–Kier alpha value is -0.420. The summed E-state index contributed by atoms with van der Waals surface area (Å²) in [5, 5.41) is 1.90. The van der Waals surface area contributed by atoms with E-state index in [1.165, 1.54) is 11.3 Å². The van der Waals surface area contributed by atoms with Crippen LogP contribution >= 0.6 is 11.3 Å². The molecule has 0 spiro atoms. The standard InChI is InChI=1S/C8H11FO2S2/c1-2-7-3-5-12-8(7)4-6-13(9,10)11/h3,5H,2,4,6H2,1H3. The Morgan fingerprint density at radius 2 is 2.23 bits per heavy atom. The van der Waals surface area contributed by atoms with Gasteiger partial charge in [-0.2, -0.15) is 8.42 Å². The molecule has 2 nitrogen and oxygen atoms in total. The second-order valence-corrected chi connectivity index (χ2v) is 5.20. The molecule has 0 saturated heterocycles. The Labute approximate surface area is 81.6 Å². The van der Waals surface area contributed by atoms with Crippen molar-refractivity contribution in [2.24, 2.45) is 0 Å². The number of halogens is 1. The first kappa shape index (κ1) is 10.7. The van der Waals surface area contributed by atoms with Crippen LogP contribution in [0.5, 0.6) is 0 Å². The summed E-state index contributed by atoms with van der Waals surface area (Å²) >= 11 is 1.48. The fourth-order valence-electron chi connectivity index (χ4n) is 1.12. The topological polar surface area (TPSA) is 34.1 Å². The second kappa shape index (κ2) is 4.19. The second-order valence-electron chi connectivity index (χ2n) is 2.72. The fourth-order valence-corrected chi connectivity index (χ4v) is 2.67. The summed E-state index contributed by atoms with van der Waals surface area (Å²) in [5.41, 5.74) is 1.12. The van der Waals surface area contributed by atoms with E-state index >= 15 is 0 Å². The molecule has 0 atom stereocenters. The van der Waals surface area contributed by atoms with Gasteiger partial charge in [0.2, 0.25) is 0 Å². The van der Waals surface area contributed by atoms with Crippen molar-refractivity contribution in [3.8, 4) is 0 Å². The molecule has 1 rings (SSSR count). The molecule has 0 amide bonds. The summed E-state index contributed by atoms with van der Waals surface area (Å²) in [4.78, 5) is 0.976. The first-order valence-corrected chi connectivity index (χ1v) is 6.43. The van der Waals surface area contributed by atoms with E-state index in [0.717, 1.165) is 16.9 Å². The van der Waals surface area contributed by atoms with Crippen LogP contribution in [0.15, 0.2) is 11.4 Å². The fraction of sp³-hybridized carbons (Fsp3) is 0.500. The lowest BCUT2D eigenvalue weighted by atomic mass is 10.2. The number of thiophene rings is 1. The van der Waals surface area contributed by atoms with Crippen molar-refractivity contribution in [1.29, 1.82) is 0 Å². The maximum absolute atomic E-state index is 12.2. The van der Waals surface area contributed by atoms with E-state index in [1.807, 2.05) is 18.4 Å². The van der Waals surface area contributed by atoms with Crippen molar-refractivity contribution in [2.75, 3.05) is 5.75 Å². The third kappa shape index (κ3) is 3.44. The molecule has 0 aliphatic heterocycles. The van der Waals surface area contributed by atoms with Crippen molar-refractivity contribution in [1.82, 2.24) is 0 Å². The minimum Gasteiger partial charge on any atom is -0.195 e. The maximum Gasteiger partial charge on any atom is 0.302 e. The van der Waals surface area contributed by atoms with Crippen LogP contribution in [-0.2, 0) is 23.1 Å². The van der Waals surface area contributed by atoms with Crippen LogP contribution in [0.2, 0.25) is 0 Å². The highest BCUT2D eigenvalue weighted by Gasteiger charge is 2.10. The zero-order valence-corrected chi connectivity index (χ0v) is 8.92. The molecule has 0 aromatic carbocycles. The predicted octanol–water partition coefficient (Wildman–Crippen LogP) is 2.15. The maximum atomic E-state index is 12.2. The SMILES string of the molecule is CCc1ccsc1CCS(=O)(=O)F. The van der Waals surface area contributed by atoms with Gasteiger partial charge in [0.1, 0.15) is 0 Å². The number of hydrogen-bond donors (Lipinski definition) is 0. The molecule has 1 aromatic rings. The Bertz CT molecular complexity index is 367. The smallest absolute Gasteiger partial charge is 0.195 e. The summed E-state index contributed by atoms with van der Waals surface area (Å²) in [6.45, 7) is 2.00. The van der Waals surface area contributed by atoms with E-state index in [2.05, 4.69) is 0 Å². The quantitative estimate of drug-likeness (QED) is 0.731. The molecule has 1 aromatic heterocycles. The summed E-state index contributed by atoms with van der Waals surface area (Å²) in [6.07, 6.45) is 1.16. The summed E-state index contributed by atoms with van der Waals surface area (Å²) in [7, 11) is -4.32. The van der Waals surface area contributed by atoms with Crippen LogP contribution < -0.4 is 0 Å². The van der Waals surface area contributed by atoms with E-state index in [-0.39, 0.29) is 0 Å². The van der Waals surface area contributed by atoms with Gasteiger partial charge in [0.25, 0.3) is 0 Å². The molecule has 74 valence electrons. The predicted molar refractivity (Wildman–Crippen MR) is 52.3 cm³/mol. The molecule has 0 fully saturated rings. The number of aryl methyl sites for hydroxylation is 2. The lowest BCUT2D eigenvalue weighted by Crippen LogP contribution is -2.02. The summed E-state index contributed by atoms with van der Waals surface area (Å²) < 4.78 is 32.7. The molecule has 1 heterocycles. The molecule has 13 heavy (non-hydrogen) atoms. The number of hydrogen-bond acceptors (Lipinski definition) is 3. The molecule has 0 unspecified atom stereocenters. The highest BCUT2D eigenvalue weighted by molar-refractivity contribution is 7.86. The van der Waals surface area contributed by atoms with E-state index < -0.39 is 16.0 Å². The van der Waals surface area contributed by atoms with Gasteiger partial charge in [-0.1, -0.05) is 6.92 Å². The van der Waals surface area contributed by atoms with Gasteiger partial charge in [-0.15, -0.1) is 15.2 Å². The van der Waals surface area contributed by atoms with E-state index in [4.69, 9.17) is 0 Å². The van der Waals surface area contributed by atoms with Gasteiger partial charge < -0.3 is 0 Å². The lowest BCUT2D eigenvalue weighted by molar-refractivity contribution is 0.551. The van der Waals surface area contributed by atoms with Gasteiger partial charge in [0.15, 0.2) is 0 Å². The van der Waals surface area contributed by atoms with Crippen molar-refractivity contribution in [2.45, 2.75) is 19.8 Å². The first-order valence-electron chi connectivity index (χ1n) is 4.00. The monoisotopic (exact) mass is 222 g/mol. The van der Waals surface area contributed by atoms with Gasteiger partial charge in [-0.25, -0.2) is 0 Å². The van der Waals surface area contributed by atoms with Gasteiger partial charge >= 0.3 is 10.2 Å². The zero-order chi connectivity index (χ0) is 9.90. The normalized spacial score (nSPS) is 11.8. The van der Waals surface area contributed by atoms with Crippen molar-refractivity contribution < 1.29 is 12.3 Å². The van der Waals surface area contributed by atoms with Crippen molar-refractivity contribution in [3.05, 3.63) is 21.9 Å². The van der Waals surface area contributed by atoms with E-state index in [0.29, 0.717) is 6.42 Å². The Balaban J connectivity index is 2.64. The van der Waals surface area contributed by atoms with Crippen LogP contribution in [0.4, 0.5) is 3.89 Å². The molecule has 0 N–H and O–H groups in total. The third-order valence-electron chi connectivity index (χ3n) is 1.79. The highest BCUT2D eigenvalue weighted by atomic mass is 32.3. The minimum absolute atomic E-state index is 0.291. The molecule has 5 heteroatoms. The molecule has 0 aliphatic carbocycles. The van der Waals surface area contributed by atoms with Crippen LogP contribution in [0.1, 0.15) is 17.4 Å². The van der Waals surface area contributed by atoms with Crippen LogP contribution in [0.25, 0.3) is 0 Å². The molecule has 0 saturated carbocycles. The zero-order valence-electron chi connectivity index (χ0n) is 7.29. The van der Waals surface area contributed by atoms with Gasteiger partial charge in [0, 0.05) is 4.88 Å². The third-order valence-corrected chi connectivity index (χ3v) is 3.51. The van der Waals surface area contributed by atoms with Crippen LogP contribution in [0, 0.1) is 0 Å². The van der Waals surface area contributed by atoms with Crippen LogP contribution in [0.3, 0.4) is 0 Å². The summed E-state index contributed by atoms with van der Waals surface area (Å²) in [5.74, 6) is -0.402. The molecule has 0 radical (unpaired) electrons. The largest absolute Gasteiger partial charge is 0.302 e. The van der Waals surface area contributed by atoms with Gasteiger partial charge in [-0.05, 0) is 29.9 Å². The van der Waals surface area contributed by atoms with Crippen LogP contribution in [-0.4, -0.2) is 14.2 Å². The lowest BCUT2D eigenvalue weighted by Gasteiger charge is -1.97. The minimum atomic E-state index is -4.32. The summed E-state index contributed by atoms with van der Waals surface area (Å²) in [6, 6.07) is 1.95. The Morgan fingerprint density at radius 3 is 2.77 bits per heavy atom. The Morgan fingerprint density at radius 1 is 1.54 bits per heavy atom. The average molecular weight is 222 g/mol. The number of rotatable bonds is 4. The molecular formula is C8H11FO2S2.